The Morgan fingerprint density at radius 3 is 2.70 bits per heavy atom. The molecular formula is C21H20ClNO4. The Hall–Kier alpha value is -2.79. The Kier molecular flexibility index (Phi) is 6.14. The zero-order valence-corrected chi connectivity index (χ0v) is 15.7. The van der Waals surface area contributed by atoms with E-state index in [0.29, 0.717) is 22.9 Å². The number of hydrogen-bond acceptors (Lipinski definition) is 5. The largest absolute Gasteiger partial charge is 0.507 e. The van der Waals surface area contributed by atoms with Crippen molar-refractivity contribution >= 4 is 29.4 Å². The Bertz CT molecular complexity index is 888. The minimum atomic E-state index is -0.579. The molecule has 27 heavy (non-hydrogen) atoms. The lowest BCUT2D eigenvalue weighted by molar-refractivity contribution is -0.136. The fourth-order valence-electron chi connectivity index (χ4n) is 2.67. The van der Waals surface area contributed by atoms with E-state index in [4.69, 9.17) is 21.2 Å². The van der Waals surface area contributed by atoms with Crippen LogP contribution in [0.2, 0.25) is 5.02 Å². The molecule has 0 aliphatic carbocycles. The van der Waals surface area contributed by atoms with E-state index >= 15 is 0 Å². The number of rotatable bonds is 7. The normalized spacial score (nSPS) is 15.0. The van der Waals surface area contributed by atoms with Crippen molar-refractivity contribution in [1.82, 2.24) is 0 Å². The van der Waals surface area contributed by atoms with Crippen molar-refractivity contribution in [1.29, 1.82) is 0 Å². The molecule has 0 atom stereocenters. The van der Waals surface area contributed by atoms with Crippen LogP contribution in [0.15, 0.2) is 53.2 Å². The van der Waals surface area contributed by atoms with Crippen molar-refractivity contribution in [3.63, 3.8) is 0 Å². The second-order valence-electron chi connectivity index (χ2n) is 6.16. The van der Waals surface area contributed by atoms with Crippen LogP contribution >= 0.6 is 11.6 Å². The highest BCUT2D eigenvalue weighted by Crippen LogP contribution is 2.27. The van der Waals surface area contributed by atoms with Crippen LogP contribution < -0.4 is 4.74 Å². The molecule has 0 bridgehead atoms. The summed E-state index contributed by atoms with van der Waals surface area (Å²) in [5, 5.41) is 14.3. The summed E-state index contributed by atoms with van der Waals surface area (Å²) in [6.07, 6.45) is 4.82. The second-order valence-corrected chi connectivity index (χ2v) is 6.60. The fourth-order valence-corrected chi connectivity index (χ4v) is 2.85. The molecule has 1 heterocycles. The van der Waals surface area contributed by atoms with Gasteiger partial charge in [0, 0.05) is 16.1 Å². The maximum Gasteiger partial charge on any atom is 0.368 e. The number of ether oxygens (including phenoxy) is 1. The van der Waals surface area contributed by atoms with Gasteiger partial charge in [-0.05, 0) is 55.0 Å². The summed E-state index contributed by atoms with van der Waals surface area (Å²) >= 11 is 5.97. The standard InChI is InChI=1S/C21H20ClNO4/c1-2-3-4-11-26-17-8-5-14(6-9-17)20-18(21(25)27-23-20)13-15-12-16(22)7-10-19(15)24/h5-10,12-13,24H,2-4,11H2,1H3/b18-13+. The molecule has 0 radical (unpaired) electrons. The van der Waals surface area contributed by atoms with Crippen molar-refractivity contribution in [2.75, 3.05) is 6.61 Å². The Labute approximate surface area is 162 Å². The van der Waals surface area contributed by atoms with Crippen LogP contribution in [0.25, 0.3) is 6.08 Å². The lowest BCUT2D eigenvalue weighted by atomic mass is 10.0. The van der Waals surface area contributed by atoms with Gasteiger partial charge in [0.05, 0.1) is 12.2 Å². The molecule has 140 valence electrons. The number of halogens is 1. The van der Waals surface area contributed by atoms with Gasteiger partial charge in [-0.3, -0.25) is 0 Å². The number of hydrogen-bond donors (Lipinski definition) is 1. The van der Waals surface area contributed by atoms with Gasteiger partial charge in [-0.2, -0.15) is 0 Å². The monoisotopic (exact) mass is 385 g/mol. The van der Waals surface area contributed by atoms with Gasteiger partial charge in [0.15, 0.2) is 0 Å². The number of unbranched alkanes of at least 4 members (excludes halogenated alkanes) is 2. The van der Waals surface area contributed by atoms with E-state index < -0.39 is 5.97 Å². The summed E-state index contributed by atoms with van der Waals surface area (Å²) < 4.78 is 5.70. The van der Waals surface area contributed by atoms with Gasteiger partial charge in [0.2, 0.25) is 0 Å². The number of aromatic hydroxyl groups is 1. The lowest BCUT2D eigenvalue weighted by Gasteiger charge is -2.07. The fraction of sp³-hybridized carbons (Fsp3) is 0.238. The number of carbonyl (C=O) groups is 1. The van der Waals surface area contributed by atoms with E-state index in [2.05, 4.69) is 12.1 Å². The first-order chi connectivity index (χ1) is 13.1. The van der Waals surface area contributed by atoms with Crippen molar-refractivity contribution < 1.29 is 19.5 Å². The Balaban J connectivity index is 1.80. The van der Waals surface area contributed by atoms with E-state index in [0.717, 1.165) is 30.6 Å². The Morgan fingerprint density at radius 2 is 1.96 bits per heavy atom. The molecule has 1 aliphatic rings. The van der Waals surface area contributed by atoms with E-state index in [1.807, 2.05) is 24.3 Å². The summed E-state index contributed by atoms with van der Waals surface area (Å²) in [6, 6.07) is 11.9. The summed E-state index contributed by atoms with van der Waals surface area (Å²) in [5.41, 5.74) is 1.79. The summed E-state index contributed by atoms with van der Waals surface area (Å²) in [7, 11) is 0. The van der Waals surface area contributed by atoms with Gasteiger partial charge in [-0.15, -0.1) is 0 Å². The molecule has 0 unspecified atom stereocenters. The smallest absolute Gasteiger partial charge is 0.368 e. The van der Waals surface area contributed by atoms with Crippen LogP contribution in [0.4, 0.5) is 0 Å². The zero-order chi connectivity index (χ0) is 19.2. The Morgan fingerprint density at radius 1 is 1.19 bits per heavy atom. The molecule has 1 aliphatic heterocycles. The summed E-state index contributed by atoms with van der Waals surface area (Å²) in [5.74, 6) is 0.199. The van der Waals surface area contributed by atoms with Crippen molar-refractivity contribution in [3.8, 4) is 11.5 Å². The maximum atomic E-state index is 12.1. The molecule has 5 nitrogen and oxygen atoms in total. The molecule has 0 fully saturated rings. The van der Waals surface area contributed by atoms with E-state index in [1.165, 1.54) is 12.1 Å². The van der Waals surface area contributed by atoms with Crippen molar-refractivity contribution in [2.24, 2.45) is 5.16 Å². The van der Waals surface area contributed by atoms with Gasteiger partial charge in [0.25, 0.3) is 0 Å². The summed E-state index contributed by atoms with van der Waals surface area (Å²) in [4.78, 5) is 16.9. The number of carbonyl (C=O) groups excluding carboxylic acids is 1. The van der Waals surface area contributed by atoms with Crippen LogP contribution in [-0.2, 0) is 9.63 Å². The SMILES string of the molecule is CCCCCOc1ccc(C2=NOC(=O)/C2=C/c2cc(Cl)ccc2O)cc1. The topological polar surface area (TPSA) is 68.1 Å². The van der Waals surface area contributed by atoms with Gasteiger partial charge >= 0.3 is 5.97 Å². The van der Waals surface area contributed by atoms with Crippen molar-refractivity contribution in [2.45, 2.75) is 26.2 Å². The predicted octanol–water partition coefficient (Wildman–Crippen LogP) is 4.96. The van der Waals surface area contributed by atoms with Gasteiger partial charge < -0.3 is 14.7 Å². The van der Waals surface area contributed by atoms with Gasteiger partial charge in [0.1, 0.15) is 17.2 Å². The second kappa shape index (κ2) is 8.73. The predicted molar refractivity (Wildman–Crippen MR) is 105 cm³/mol. The maximum absolute atomic E-state index is 12.1. The molecular weight excluding hydrogens is 366 g/mol. The van der Waals surface area contributed by atoms with Gasteiger partial charge in [-0.25, -0.2) is 4.79 Å². The highest BCUT2D eigenvalue weighted by molar-refractivity contribution is 6.32. The highest BCUT2D eigenvalue weighted by atomic mass is 35.5. The first kappa shape index (κ1) is 19.0. The molecule has 3 rings (SSSR count). The third kappa shape index (κ3) is 4.68. The van der Waals surface area contributed by atoms with Crippen LogP contribution in [0, 0.1) is 0 Å². The zero-order valence-electron chi connectivity index (χ0n) is 14.9. The number of phenolic OH excluding ortho intramolecular Hbond substituents is 1. The van der Waals surface area contributed by atoms with E-state index in [9.17, 15) is 9.90 Å². The van der Waals surface area contributed by atoms with Crippen molar-refractivity contribution in [3.05, 3.63) is 64.2 Å². The quantitative estimate of drug-likeness (QED) is 0.415. The number of nitrogens with zero attached hydrogens (tertiary/aromatic N) is 1. The minimum Gasteiger partial charge on any atom is -0.507 e. The molecule has 0 saturated carbocycles. The number of phenols is 1. The molecule has 0 amide bonds. The summed E-state index contributed by atoms with van der Waals surface area (Å²) in [6.45, 7) is 2.82. The molecule has 0 spiro atoms. The van der Waals surface area contributed by atoms with Crippen LogP contribution in [0.1, 0.15) is 37.3 Å². The van der Waals surface area contributed by atoms with Crippen LogP contribution in [0.3, 0.4) is 0 Å². The highest BCUT2D eigenvalue weighted by Gasteiger charge is 2.27. The molecule has 1 N–H and O–H groups in total. The number of oxime groups is 1. The third-order valence-corrected chi connectivity index (χ3v) is 4.36. The van der Waals surface area contributed by atoms with E-state index in [-0.39, 0.29) is 11.3 Å². The first-order valence-corrected chi connectivity index (χ1v) is 9.19. The molecule has 2 aromatic rings. The molecule has 2 aromatic carbocycles. The van der Waals surface area contributed by atoms with Crippen LogP contribution in [0.5, 0.6) is 11.5 Å². The average Bonchev–Trinajstić information content (AvgIpc) is 3.03. The first-order valence-electron chi connectivity index (χ1n) is 8.81. The lowest BCUT2D eigenvalue weighted by Crippen LogP contribution is -2.07. The minimum absolute atomic E-state index is 0.0155. The number of benzene rings is 2. The molecule has 6 heteroatoms. The average molecular weight is 386 g/mol. The third-order valence-electron chi connectivity index (χ3n) is 4.13. The van der Waals surface area contributed by atoms with Gasteiger partial charge in [-0.1, -0.05) is 36.5 Å². The molecule has 0 saturated heterocycles. The van der Waals surface area contributed by atoms with E-state index in [1.54, 1.807) is 12.1 Å². The molecule has 0 aromatic heterocycles. The van der Waals surface area contributed by atoms with Crippen LogP contribution in [-0.4, -0.2) is 23.4 Å².